The number of rotatable bonds is 11. The van der Waals surface area contributed by atoms with E-state index in [2.05, 4.69) is 21.2 Å². The molecular formula is C33H33BrClN3O4S. The second-order valence-corrected chi connectivity index (χ2v) is 13.4. The van der Waals surface area contributed by atoms with Gasteiger partial charge in [0, 0.05) is 29.5 Å². The van der Waals surface area contributed by atoms with Crippen molar-refractivity contribution in [3.05, 3.63) is 129 Å². The molecule has 43 heavy (non-hydrogen) atoms. The monoisotopic (exact) mass is 681 g/mol. The van der Waals surface area contributed by atoms with Crippen LogP contribution in [-0.4, -0.2) is 44.8 Å². The summed E-state index contributed by atoms with van der Waals surface area (Å²) in [7, 11) is -2.68. The lowest BCUT2D eigenvalue weighted by Gasteiger charge is -2.33. The Bertz CT molecular complexity index is 1700. The molecule has 0 aromatic heterocycles. The number of amides is 2. The van der Waals surface area contributed by atoms with Crippen LogP contribution in [0.2, 0.25) is 5.02 Å². The Morgan fingerprint density at radius 3 is 2.16 bits per heavy atom. The van der Waals surface area contributed by atoms with Crippen molar-refractivity contribution in [3.63, 3.8) is 0 Å². The van der Waals surface area contributed by atoms with Gasteiger partial charge in [-0.15, -0.1) is 0 Å². The molecule has 4 rings (SSSR count). The van der Waals surface area contributed by atoms with Gasteiger partial charge in [0.05, 0.1) is 10.6 Å². The second kappa shape index (κ2) is 14.2. The van der Waals surface area contributed by atoms with Gasteiger partial charge in [-0.3, -0.25) is 13.9 Å². The fraction of sp³-hybridized carbons (Fsp3) is 0.212. The van der Waals surface area contributed by atoms with Gasteiger partial charge in [-0.05, 0) is 84.6 Å². The minimum absolute atomic E-state index is 0.00592. The lowest BCUT2D eigenvalue weighted by atomic mass is 10.0. The van der Waals surface area contributed by atoms with Gasteiger partial charge in [0.15, 0.2) is 0 Å². The molecule has 4 aromatic carbocycles. The van der Waals surface area contributed by atoms with E-state index in [4.69, 9.17) is 11.6 Å². The van der Waals surface area contributed by atoms with E-state index in [1.54, 1.807) is 12.1 Å². The van der Waals surface area contributed by atoms with Crippen molar-refractivity contribution < 1.29 is 18.0 Å². The first-order chi connectivity index (χ1) is 20.5. The number of hydrogen-bond acceptors (Lipinski definition) is 4. The molecule has 7 nitrogen and oxygen atoms in total. The van der Waals surface area contributed by atoms with Gasteiger partial charge < -0.3 is 10.2 Å². The Morgan fingerprint density at radius 2 is 1.53 bits per heavy atom. The van der Waals surface area contributed by atoms with Crippen molar-refractivity contribution in [1.29, 1.82) is 0 Å². The molecule has 0 fully saturated rings. The van der Waals surface area contributed by atoms with Crippen LogP contribution in [0.5, 0.6) is 0 Å². The molecule has 2 amide bonds. The number of carbonyl (C=O) groups excluding carboxylic acids is 2. The summed E-state index contributed by atoms with van der Waals surface area (Å²) < 4.78 is 30.1. The first-order valence-corrected chi connectivity index (χ1v) is 16.3. The molecule has 0 heterocycles. The van der Waals surface area contributed by atoms with E-state index in [0.29, 0.717) is 10.7 Å². The normalized spacial score (nSPS) is 11.9. The summed E-state index contributed by atoms with van der Waals surface area (Å²) in [5.41, 5.74) is 3.84. The van der Waals surface area contributed by atoms with Gasteiger partial charge in [0.25, 0.3) is 10.0 Å². The van der Waals surface area contributed by atoms with Gasteiger partial charge >= 0.3 is 0 Å². The number of hydrogen-bond donors (Lipinski definition) is 1. The predicted octanol–water partition coefficient (Wildman–Crippen LogP) is 6.30. The van der Waals surface area contributed by atoms with E-state index in [1.165, 1.54) is 36.2 Å². The first kappa shape index (κ1) is 32.3. The van der Waals surface area contributed by atoms with E-state index in [-0.39, 0.29) is 23.8 Å². The van der Waals surface area contributed by atoms with E-state index < -0.39 is 28.5 Å². The van der Waals surface area contributed by atoms with Crippen LogP contribution in [0.15, 0.2) is 106 Å². The molecule has 0 aliphatic carbocycles. The van der Waals surface area contributed by atoms with Crippen LogP contribution in [0.3, 0.4) is 0 Å². The second-order valence-electron chi connectivity index (χ2n) is 10.2. The van der Waals surface area contributed by atoms with Crippen molar-refractivity contribution in [2.45, 2.75) is 37.8 Å². The third-order valence-electron chi connectivity index (χ3n) is 7.22. The average molecular weight is 683 g/mol. The van der Waals surface area contributed by atoms with Crippen LogP contribution in [0.25, 0.3) is 0 Å². The Hall–Kier alpha value is -3.66. The standard InChI is InChI=1S/C33H33BrClN3O4S/c1-23-12-15-29(18-24(23)2)38(43(41,42)30-16-13-28(35)14-17-30)22-32(39)37(21-26-10-7-11-27(34)19-26)31(33(40)36-3)20-25-8-5-4-6-9-25/h4-19,31H,20-22H2,1-3H3,(H,36,40). The Kier molecular flexibility index (Phi) is 10.7. The maximum Gasteiger partial charge on any atom is 0.264 e. The Balaban J connectivity index is 1.80. The van der Waals surface area contributed by atoms with Gasteiger partial charge in [0.2, 0.25) is 11.8 Å². The number of anilines is 1. The van der Waals surface area contributed by atoms with Crippen molar-refractivity contribution in [2.75, 3.05) is 17.9 Å². The zero-order chi connectivity index (χ0) is 31.1. The van der Waals surface area contributed by atoms with Crippen molar-refractivity contribution in [3.8, 4) is 0 Å². The minimum atomic E-state index is -4.20. The summed E-state index contributed by atoms with van der Waals surface area (Å²) in [6.45, 7) is 3.38. The van der Waals surface area contributed by atoms with Crippen LogP contribution in [-0.2, 0) is 32.6 Å². The molecule has 0 saturated heterocycles. The number of benzene rings is 4. The molecular weight excluding hydrogens is 650 g/mol. The van der Waals surface area contributed by atoms with Crippen LogP contribution >= 0.6 is 27.5 Å². The molecule has 0 aliphatic rings. The van der Waals surface area contributed by atoms with Gasteiger partial charge in [-0.1, -0.05) is 76.1 Å². The quantitative estimate of drug-likeness (QED) is 0.201. The van der Waals surface area contributed by atoms with E-state index in [9.17, 15) is 18.0 Å². The van der Waals surface area contributed by atoms with Crippen LogP contribution < -0.4 is 9.62 Å². The van der Waals surface area contributed by atoms with Crippen molar-refractivity contribution >= 4 is 55.1 Å². The molecule has 224 valence electrons. The molecule has 1 N–H and O–H groups in total. The fourth-order valence-corrected chi connectivity index (χ4v) is 6.67. The highest BCUT2D eigenvalue weighted by Crippen LogP contribution is 2.28. The molecule has 0 radical (unpaired) electrons. The largest absolute Gasteiger partial charge is 0.357 e. The molecule has 4 aromatic rings. The molecule has 1 unspecified atom stereocenters. The summed E-state index contributed by atoms with van der Waals surface area (Å²) in [5, 5.41) is 3.08. The van der Waals surface area contributed by atoms with E-state index in [0.717, 1.165) is 31.0 Å². The van der Waals surface area contributed by atoms with Gasteiger partial charge in [-0.2, -0.15) is 0 Å². The summed E-state index contributed by atoms with van der Waals surface area (Å²) in [6.07, 6.45) is 0.244. The van der Waals surface area contributed by atoms with Crippen molar-refractivity contribution in [1.82, 2.24) is 10.2 Å². The number of likely N-dealkylation sites (N-methyl/N-ethyl adjacent to an activating group) is 1. The van der Waals surface area contributed by atoms with Crippen LogP contribution in [0, 0.1) is 13.8 Å². The highest BCUT2D eigenvalue weighted by molar-refractivity contribution is 9.10. The molecule has 1 atom stereocenters. The molecule has 0 spiro atoms. The first-order valence-electron chi connectivity index (χ1n) is 13.6. The topological polar surface area (TPSA) is 86.8 Å². The van der Waals surface area contributed by atoms with E-state index >= 15 is 0 Å². The molecule has 0 aliphatic heterocycles. The molecule has 0 saturated carbocycles. The number of aryl methyl sites for hydroxylation is 2. The maximum absolute atomic E-state index is 14.4. The third kappa shape index (κ3) is 8.04. The van der Waals surface area contributed by atoms with Crippen molar-refractivity contribution in [2.24, 2.45) is 0 Å². The summed E-state index contributed by atoms with van der Waals surface area (Å²) in [4.78, 5) is 29.2. The van der Waals surface area contributed by atoms with Gasteiger partial charge in [-0.25, -0.2) is 8.42 Å². The van der Waals surface area contributed by atoms with Crippen LogP contribution in [0.4, 0.5) is 5.69 Å². The number of sulfonamides is 1. The predicted molar refractivity (Wildman–Crippen MR) is 175 cm³/mol. The fourth-order valence-electron chi connectivity index (χ4n) is 4.70. The molecule has 0 bridgehead atoms. The zero-order valence-corrected chi connectivity index (χ0v) is 27.3. The third-order valence-corrected chi connectivity index (χ3v) is 9.75. The Labute approximate surface area is 266 Å². The Morgan fingerprint density at radius 1 is 0.860 bits per heavy atom. The number of halogens is 2. The number of nitrogens with zero attached hydrogens (tertiary/aromatic N) is 2. The van der Waals surface area contributed by atoms with Gasteiger partial charge in [0.1, 0.15) is 12.6 Å². The smallest absolute Gasteiger partial charge is 0.264 e. The summed E-state index contributed by atoms with van der Waals surface area (Å²) in [5.74, 6) is -0.884. The summed E-state index contributed by atoms with van der Waals surface area (Å²) in [6, 6.07) is 27.0. The average Bonchev–Trinajstić information content (AvgIpc) is 2.99. The van der Waals surface area contributed by atoms with Crippen LogP contribution in [0.1, 0.15) is 22.3 Å². The van der Waals surface area contributed by atoms with E-state index in [1.807, 2.05) is 74.5 Å². The highest BCUT2D eigenvalue weighted by Gasteiger charge is 2.34. The summed E-state index contributed by atoms with van der Waals surface area (Å²) >= 11 is 9.53. The SMILES string of the molecule is CNC(=O)C(Cc1ccccc1)N(Cc1cccc(Br)c1)C(=O)CN(c1ccc(C)c(C)c1)S(=O)(=O)c1ccc(Cl)cc1. The number of nitrogens with one attached hydrogen (secondary N) is 1. The highest BCUT2D eigenvalue weighted by atomic mass is 79.9. The number of carbonyl (C=O) groups is 2. The zero-order valence-electron chi connectivity index (χ0n) is 24.1. The lowest BCUT2D eigenvalue weighted by molar-refractivity contribution is -0.139. The molecule has 10 heteroatoms. The lowest BCUT2D eigenvalue weighted by Crippen LogP contribution is -2.53. The minimum Gasteiger partial charge on any atom is -0.357 e. The maximum atomic E-state index is 14.4.